The molecule has 0 atom stereocenters. The number of hydrogen-bond donors (Lipinski definition) is 2. The van der Waals surface area contributed by atoms with E-state index in [2.05, 4.69) is 10.3 Å². The lowest BCUT2D eigenvalue weighted by molar-refractivity contribution is 0.300. The van der Waals surface area contributed by atoms with Gasteiger partial charge in [0.25, 0.3) is 0 Å². The van der Waals surface area contributed by atoms with Gasteiger partial charge in [-0.25, -0.2) is 9.37 Å². The zero-order valence-corrected chi connectivity index (χ0v) is 16.9. The number of pyridine rings is 1. The van der Waals surface area contributed by atoms with E-state index in [1.807, 2.05) is 18.2 Å². The van der Waals surface area contributed by atoms with Gasteiger partial charge in [-0.15, -0.1) is 12.4 Å². The number of aromatic nitrogens is 1. The number of amidine groups is 1. The van der Waals surface area contributed by atoms with Crippen molar-refractivity contribution in [3.8, 4) is 5.75 Å². The lowest BCUT2D eigenvalue weighted by Crippen LogP contribution is -2.15. The van der Waals surface area contributed by atoms with Crippen molar-refractivity contribution in [2.45, 2.75) is 13.0 Å². The van der Waals surface area contributed by atoms with Gasteiger partial charge < -0.3 is 10.1 Å². The molecule has 8 heteroatoms. The van der Waals surface area contributed by atoms with Crippen molar-refractivity contribution in [2.75, 3.05) is 5.32 Å². The minimum absolute atomic E-state index is 0. The molecule has 0 bridgehead atoms. The summed E-state index contributed by atoms with van der Waals surface area (Å²) < 4.78 is 19.6. The van der Waals surface area contributed by atoms with Crippen LogP contribution in [0.5, 0.6) is 5.75 Å². The van der Waals surface area contributed by atoms with Crippen molar-refractivity contribution in [3.05, 3.63) is 87.8 Å². The summed E-state index contributed by atoms with van der Waals surface area (Å²) in [5.74, 6) is 0.519. The lowest BCUT2D eigenvalue weighted by Gasteiger charge is -2.14. The van der Waals surface area contributed by atoms with Crippen LogP contribution in [0.3, 0.4) is 0 Å². The topological polar surface area (TPSA) is 58.0 Å². The van der Waals surface area contributed by atoms with Gasteiger partial charge in [-0.2, -0.15) is 0 Å². The first-order valence-electron chi connectivity index (χ1n) is 8.13. The van der Waals surface area contributed by atoms with Crippen LogP contribution in [0.4, 0.5) is 10.2 Å². The van der Waals surface area contributed by atoms with Crippen molar-refractivity contribution >= 4 is 47.3 Å². The van der Waals surface area contributed by atoms with E-state index in [0.29, 0.717) is 28.0 Å². The molecule has 3 aromatic rings. The molecule has 0 saturated carbocycles. The van der Waals surface area contributed by atoms with Gasteiger partial charge in [-0.3, -0.25) is 5.41 Å². The average molecular weight is 441 g/mol. The molecule has 0 aliphatic heterocycles. The third-order valence-corrected chi connectivity index (χ3v) is 4.52. The third kappa shape index (κ3) is 5.58. The van der Waals surface area contributed by atoms with Crippen LogP contribution < -0.4 is 10.1 Å². The van der Waals surface area contributed by atoms with E-state index in [-0.39, 0.29) is 30.4 Å². The maximum Gasteiger partial charge on any atom is 0.174 e. The molecule has 0 radical (unpaired) electrons. The average Bonchev–Trinajstić information content (AvgIpc) is 2.64. The van der Waals surface area contributed by atoms with Gasteiger partial charge in [-0.1, -0.05) is 47.5 Å². The molecule has 1 aromatic heterocycles. The van der Waals surface area contributed by atoms with E-state index >= 15 is 0 Å². The highest BCUT2D eigenvalue weighted by molar-refractivity contribution is 6.31. The Kier molecular flexibility index (Phi) is 8.05. The molecule has 0 aliphatic rings. The predicted molar refractivity (Wildman–Crippen MR) is 114 cm³/mol. The summed E-state index contributed by atoms with van der Waals surface area (Å²) in [6.45, 7) is -0.0519. The Hall–Kier alpha value is -2.34. The maximum absolute atomic E-state index is 13.9. The molecule has 0 aliphatic carbocycles. The van der Waals surface area contributed by atoms with Crippen LogP contribution in [-0.4, -0.2) is 10.8 Å². The van der Waals surface area contributed by atoms with E-state index in [1.54, 1.807) is 30.5 Å². The number of ether oxygens (including phenoxy) is 1. The minimum Gasteiger partial charge on any atom is -0.485 e. The summed E-state index contributed by atoms with van der Waals surface area (Å²) >= 11 is 12.2. The molecule has 1 heterocycles. The minimum atomic E-state index is -0.438. The molecule has 0 spiro atoms. The monoisotopic (exact) mass is 439 g/mol. The van der Waals surface area contributed by atoms with Gasteiger partial charge in [0.2, 0.25) is 0 Å². The zero-order chi connectivity index (χ0) is 19.2. The van der Waals surface area contributed by atoms with E-state index in [1.165, 1.54) is 12.1 Å². The molecule has 2 N–H and O–H groups in total. The molecular weight excluding hydrogens is 424 g/mol. The van der Waals surface area contributed by atoms with Crippen LogP contribution in [0.2, 0.25) is 10.0 Å². The molecule has 0 saturated heterocycles. The number of rotatable bonds is 6. The van der Waals surface area contributed by atoms with Crippen LogP contribution in [-0.2, 0) is 13.0 Å². The SMILES string of the molecule is Cl.N=C(Cc1ccccc1Cl)Nc1ncccc1OCc1c(F)cccc1Cl. The molecule has 2 aromatic carbocycles. The Morgan fingerprint density at radius 1 is 1.04 bits per heavy atom. The molecule has 146 valence electrons. The van der Waals surface area contributed by atoms with Gasteiger partial charge in [0.05, 0.1) is 5.02 Å². The molecule has 3 rings (SSSR count). The van der Waals surface area contributed by atoms with Crippen molar-refractivity contribution in [2.24, 2.45) is 0 Å². The van der Waals surface area contributed by atoms with Gasteiger partial charge in [0.1, 0.15) is 18.3 Å². The van der Waals surface area contributed by atoms with Crippen LogP contribution in [0.1, 0.15) is 11.1 Å². The van der Waals surface area contributed by atoms with Crippen molar-refractivity contribution in [1.29, 1.82) is 5.41 Å². The molecule has 0 amide bonds. The number of nitrogens with one attached hydrogen (secondary N) is 2. The van der Waals surface area contributed by atoms with Crippen molar-refractivity contribution in [3.63, 3.8) is 0 Å². The predicted octanol–water partition coefficient (Wildman–Crippen LogP) is 6.16. The van der Waals surface area contributed by atoms with Crippen LogP contribution in [0.15, 0.2) is 60.8 Å². The molecule has 0 fully saturated rings. The quantitative estimate of drug-likeness (QED) is 0.356. The van der Waals surface area contributed by atoms with E-state index in [0.717, 1.165) is 5.56 Å². The number of benzene rings is 2. The highest BCUT2D eigenvalue weighted by Gasteiger charge is 2.12. The normalized spacial score (nSPS) is 10.1. The summed E-state index contributed by atoms with van der Waals surface area (Å²) in [7, 11) is 0. The molecule has 0 unspecified atom stereocenters. The van der Waals surface area contributed by atoms with Crippen molar-refractivity contribution < 1.29 is 9.13 Å². The number of hydrogen-bond acceptors (Lipinski definition) is 3. The van der Waals surface area contributed by atoms with Gasteiger partial charge >= 0.3 is 0 Å². The molecule has 28 heavy (non-hydrogen) atoms. The first kappa shape index (κ1) is 22.0. The molecule has 4 nitrogen and oxygen atoms in total. The Bertz CT molecular complexity index is 949. The summed E-state index contributed by atoms with van der Waals surface area (Å²) in [4.78, 5) is 4.20. The van der Waals surface area contributed by atoms with E-state index < -0.39 is 5.82 Å². The van der Waals surface area contributed by atoms with Gasteiger partial charge in [0.15, 0.2) is 11.6 Å². The Labute approximate surface area is 178 Å². The summed E-state index contributed by atoms with van der Waals surface area (Å²) in [6, 6.07) is 15.2. The molecular formula is C20H17Cl3FN3O. The van der Waals surface area contributed by atoms with Crippen LogP contribution in [0.25, 0.3) is 0 Å². The lowest BCUT2D eigenvalue weighted by atomic mass is 10.1. The fraction of sp³-hybridized carbons (Fsp3) is 0.100. The largest absolute Gasteiger partial charge is 0.485 e. The third-order valence-electron chi connectivity index (χ3n) is 3.80. The van der Waals surface area contributed by atoms with E-state index in [9.17, 15) is 4.39 Å². The zero-order valence-electron chi connectivity index (χ0n) is 14.6. The Morgan fingerprint density at radius 3 is 2.54 bits per heavy atom. The van der Waals surface area contributed by atoms with E-state index in [4.69, 9.17) is 33.3 Å². The second kappa shape index (κ2) is 10.3. The standard InChI is InChI=1S/C20H16Cl2FN3O.ClH/c21-15-6-2-1-5-13(15)11-19(24)26-20-18(9-4-10-25-20)27-12-14-16(22)7-3-8-17(14)23;/h1-10H,11-12H2,(H2,24,25,26);1H. The second-order valence-electron chi connectivity index (χ2n) is 5.71. The smallest absolute Gasteiger partial charge is 0.174 e. The first-order chi connectivity index (χ1) is 13.0. The summed E-state index contributed by atoms with van der Waals surface area (Å²) in [5, 5.41) is 12.0. The fourth-order valence-electron chi connectivity index (χ4n) is 2.44. The van der Waals surface area contributed by atoms with Crippen LogP contribution >= 0.6 is 35.6 Å². The second-order valence-corrected chi connectivity index (χ2v) is 6.53. The van der Waals surface area contributed by atoms with Gasteiger partial charge in [0, 0.05) is 23.2 Å². The maximum atomic E-state index is 13.9. The van der Waals surface area contributed by atoms with Crippen molar-refractivity contribution in [1.82, 2.24) is 4.98 Å². The summed E-state index contributed by atoms with van der Waals surface area (Å²) in [5.41, 5.74) is 1.09. The number of nitrogens with zero attached hydrogens (tertiary/aromatic N) is 1. The Balaban J connectivity index is 0.00000280. The highest BCUT2D eigenvalue weighted by atomic mass is 35.5. The first-order valence-corrected chi connectivity index (χ1v) is 8.88. The highest BCUT2D eigenvalue weighted by Crippen LogP contribution is 2.26. The Morgan fingerprint density at radius 2 is 1.79 bits per heavy atom. The van der Waals surface area contributed by atoms with Crippen LogP contribution in [0, 0.1) is 11.2 Å². The summed E-state index contributed by atoms with van der Waals surface area (Å²) in [6.07, 6.45) is 1.89. The number of anilines is 1. The number of halogens is 4. The fourth-order valence-corrected chi connectivity index (χ4v) is 2.86. The van der Waals surface area contributed by atoms with Gasteiger partial charge in [-0.05, 0) is 35.9 Å².